The number of likely N-dealkylation sites (tertiary alicyclic amines) is 1. The monoisotopic (exact) mass is 497 g/mol. The first-order chi connectivity index (χ1) is 17.9. The average molecular weight is 498 g/mol. The molecular weight excluding hydrogens is 466 g/mol. The first-order valence-corrected chi connectivity index (χ1v) is 12.3. The molecule has 1 saturated heterocycles. The molecule has 8 nitrogen and oxygen atoms in total. The van der Waals surface area contributed by atoms with E-state index in [0.29, 0.717) is 42.0 Å². The zero-order chi connectivity index (χ0) is 26.2. The van der Waals surface area contributed by atoms with Crippen molar-refractivity contribution in [2.75, 3.05) is 31.5 Å². The number of hydrogen-bond acceptors (Lipinski definition) is 4. The van der Waals surface area contributed by atoms with Gasteiger partial charge in [-0.1, -0.05) is 36.4 Å². The second-order valence-electron chi connectivity index (χ2n) is 9.19. The van der Waals surface area contributed by atoms with Gasteiger partial charge in [0.15, 0.2) is 0 Å². The first-order valence-electron chi connectivity index (χ1n) is 12.3. The third-order valence-corrected chi connectivity index (χ3v) is 6.52. The molecule has 0 spiro atoms. The van der Waals surface area contributed by atoms with Crippen LogP contribution in [0, 0.1) is 11.3 Å². The molecule has 1 aliphatic rings. The van der Waals surface area contributed by atoms with Crippen molar-refractivity contribution in [3.8, 4) is 0 Å². The van der Waals surface area contributed by atoms with Crippen molar-refractivity contribution < 1.29 is 14.4 Å². The summed E-state index contributed by atoms with van der Waals surface area (Å²) < 4.78 is 0. The van der Waals surface area contributed by atoms with Crippen molar-refractivity contribution in [1.29, 1.82) is 5.41 Å². The zero-order valence-corrected chi connectivity index (χ0v) is 20.6. The standard InChI is InChI=1S/C29H31N5O3/c30-27(31)22-11-13-25(14-12-22)32-26(35)20-34(29(37)24-9-5-2-6-10-24)19-21-15-17-33(18-16-21)28(36)23-7-3-1-4-8-23/h1-14,21H,15-20H2,(H3,30,31)(H,32,35). The van der Waals surface area contributed by atoms with Crippen LogP contribution in [0.2, 0.25) is 0 Å². The molecule has 37 heavy (non-hydrogen) atoms. The van der Waals surface area contributed by atoms with E-state index in [9.17, 15) is 14.4 Å². The molecule has 0 aliphatic carbocycles. The van der Waals surface area contributed by atoms with E-state index in [1.807, 2.05) is 41.3 Å². The molecule has 4 rings (SSSR count). The minimum Gasteiger partial charge on any atom is -0.384 e. The van der Waals surface area contributed by atoms with Gasteiger partial charge in [0.25, 0.3) is 11.8 Å². The fraction of sp³-hybridized carbons (Fsp3) is 0.241. The lowest BCUT2D eigenvalue weighted by atomic mass is 9.95. The van der Waals surface area contributed by atoms with Crippen molar-refractivity contribution >= 4 is 29.2 Å². The third kappa shape index (κ3) is 6.82. The summed E-state index contributed by atoms with van der Waals surface area (Å²) in [5.74, 6) is -0.363. The molecule has 4 N–H and O–H groups in total. The van der Waals surface area contributed by atoms with Crippen molar-refractivity contribution in [2.45, 2.75) is 12.8 Å². The minimum absolute atomic E-state index is 0.0198. The highest BCUT2D eigenvalue weighted by atomic mass is 16.2. The Labute approximate surface area is 216 Å². The fourth-order valence-corrected chi connectivity index (χ4v) is 4.48. The highest BCUT2D eigenvalue weighted by Gasteiger charge is 2.28. The molecule has 0 saturated carbocycles. The van der Waals surface area contributed by atoms with Gasteiger partial charge in [-0.25, -0.2) is 0 Å². The molecule has 1 fully saturated rings. The zero-order valence-electron chi connectivity index (χ0n) is 20.6. The van der Waals surface area contributed by atoms with Gasteiger partial charge in [0, 0.05) is 42.0 Å². The number of carbonyl (C=O) groups is 3. The molecule has 0 unspecified atom stereocenters. The molecule has 1 aliphatic heterocycles. The highest BCUT2D eigenvalue weighted by molar-refractivity contribution is 6.00. The van der Waals surface area contributed by atoms with Crippen molar-refractivity contribution in [1.82, 2.24) is 9.80 Å². The maximum atomic E-state index is 13.3. The number of amides is 3. The number of benzene rings is 3. The molecule has 3 aromatic carbocycles. The van der Waals surface area contributed by atoms with Gasteiger partial charge in [-0.15, -0.1) is 0 Å². The van der Waals surface area contributed by atoms with Crippen LogP contribution in [0.3, 0.4) is 0 Å². The van der Waals surface area contributed by atoms with Crippen LogP contribution in [-0.4, -0.2) is 59.5 Å². The molecule has 1 heterocycles. The maximum absolute atomic E-state index is 13.3. The van der Waals surface area contributed by atoms with Crippen LogP contribution in [0.15, 0.2) is 84.9 Å². The smallest absolute Gasteiger partial charge is 0.254 e. The Hall–Kier alpha value is -4.46. The molecular formula is C29H31N5O3. The van der Waals surface area contributed by atoms with Crippen LogP contribution >= 0.6 is 0 Å². The fourth-order valence-electron chi connectivity index (χ4n) is 4.48. The maximum Gasteiger partial charge on any atom is 0.254 e. The van der Waals surface area contributed by atoms with Crippen molar-refractivity contribution in [2.24, 2.45) is 11.7 Å². The Kier molecular flexibility index (Phi) is 8.30. The Balaban J connectivity index is 1.40. The van der Waals surface area contributed by atoms with Gasteiger partial charge in [-0.05, 0) is 67.3 Å². The van der Waals surface area contributed by atoms with Crippen LogP contribution in [-0.2, 0) is 4.79 Å². The molecule has 0 bridgehead atoms. The second-order valence-corrected chi connectivity index (χ2v) is 9.19. The molecule has 190 valence electrons. The predicted molar refractivity (Wildman–Crippen MR) is 144 cm³/mol. The van der Waals surface area contributed by atoms with Crippen molar-refractivity contribution in [3.05, 3.63) is 102 Å². The Bertz CT molecular complexity index is 1240. The van der Waals surface area contributed by atoms with E-state index < -0.39 is 0 Å². The van der Waals surface area contributed by atoms with E-state index >= 15 is 0 Å². The Morgan fingerprint density at radius 1 is 0.838 bits per heavy atom. The summed E-state index contributed by atoms with van der Waals surface area (Å²) in [6.45, 7) is 1.56. The number of nitrogens with one attached hydrogen (secondary N) is 2. The van der Waals surface area contributed by atoms with E-state index in [1.54, 1.807) is 53.4 Å². The number of carbonyl (C=O) groups excluding carboxylic acids is 3. The second kappa shape index (κ2) is 12.0. The largest absolute Gasteiger partial charge is 0.384 e. The van der Waals surface area contributed by atoms with E-state index in [2.05, 4.69) is 5.32 Å². The Morgan fingerprint density at radius 3 is 1.97 bits per heavy atom. The lowest BCUT2D eigenvalue weighted by Crippen LogP contribution is -2.45. The Morgan fingerprint density at radius 2 is 1.41 bits per heavy atom. The number of hydrogen-bond donors (Lipinski definition) is 3. The summed E-state index contributed by atoms with van der Waals surface area (Å²) in [7, 11) is 0. The summed E-state index contributed by atoms with van der Waals surface area (Å²) in [6.07, 6.45) is 1.51. The van der Waals surface area contributed by atoms with Crippen LogP contribution in [0.4, 0.5) is 5.69 Å². The number of nitrogen functional groups attached to an aromatic ring is 1. The highest BCUT2D eigenvalue weighted by Crippen LogP contribution is 2.21. The van der Waals surface area contributed by atoms with E-state index in [4.69, 9.17) is 11.1 Å². The summed E-state index contributed by atoms with van der Waals surface area (Å²) in [4.78, 5) is 42.5. The number of anilines is 1. The topological polar surface area (TPSA) is 120 Å². The van der Waals surface area contributed by atoms with Crippen LogP contribution in [0.25, 0.3) is 0 Å². The number of rotatable bonds is 8. The van der Waals surface area contributed by atoms with Gasteiger partial charge >= 0.3 is 0 Å². The minimum atomic E-state index is -0.309. The third-order valence-electron chi connectivity index (χ3n) is 6.52. The lowest BCUT2D eigenvalue weighted by molar-refractivity contribution is -0.117. The number of nitrogens with two attached hydrogens (primary N) is 1. The number of piperidine rings is 1. The predicted octanol–water partition coefficient (Wildman–Crippen LogP) is 3.60. The summed E-state index contributed by atoms with van der Waals surface area (Å²) in [6, 6.07) is 24.9. The van der Waals surface area contributed by atoms with Gasteiger partial charge in [-0.3, -0.25) is 19.8 Å². The lowest BCUT2D eigenvalue weighted by Gasteiger charge is -2.35. The van der Waals surface area contributed by atoms with Gasteiger partial charge in [0.2, 0.25) is 5.91 Å². The van der Waals surface area contributed by atoms with Gasteiger partial charge in [0.05, 0.1) is 0 Å². The number of amidine groups is 1. The molecule has 0 atom stereocenters. The SMILES string of the molecule is N=C(N)c1ccc(NC(=O)CN(CC2CCN(C(=O)c3ccccc3)CC2)C(=O)c2ccccc2)cc1. The van der Waals surface area contributed by atoms with Gasteiger partial charge < -0.3 is 20.9 Å². The molecule has 8 heteroatoms. The van der Waals surface area contributed by atoms with E-state index in [-0.39, 0.29) is 36.0 Å². The quantitative estimate of drug-likeness (QED) is 0.325. The molecule has 0 radical (unpaired) electrons. The van der Waals surface area contributed by atoms with Crippen LogP contribution in [0.1, 0.15) is 39.1 Å². The van der Waals surface area contributed by atoms with Crippen LogP contribution in [0.5, 0.6) is 0 Å². The van der Waals surface area contributed by atoms with Crippen LogP contribution < -0.4 is 11.1 Å². The van der Waals surface area contributed by atoms with Crippen molar-refractivity contribution in [3.63, 3.8) is 0 Å². The molecule has 3 amide bonds. The normalized spacial score (nSPS) is 13.6. The summed E-state index contributed by atoms with van der Waals surface area (Å²) >= 11 is 0. The average Bonchev–Trinajstić information content (AvgIpc) is 2.93. The van der Waals surface area contributed by atoms with E-state index in [0.717, 1.165) is 12.8 Å². The summed E-state index contributed by atoms with van der Waals surface area (Å²) in [5, 5.41) is 10.3. The van der Waals surface area contributed by atoms with Gasteiger partial charge in [0.1, 0.15) is 12.4 Å². The number of nitrogens with zero attached hydrogens (tertiary/aromatic N) is 2. The first kappa shape index (κ1) is 25.6. The van der Waals surface area contributed by atoms with Gasteiger partial charge in [-0.2, -0.15) is 0 Å². The van der Waals surface area contributed by atoms with E-state index in [1.165, 1.54) is 0 Å². The molecule has 0 aromatic heterocycles. The summed E-state index contributed by atoms with van der Waals surface area (Å²) in [5.41, 5.74) is 7.83. The molecule has 3 aromatic rings.